The highest BCUT2D eigenvalue weighted by Gasteiger charge is 2.21. The largest absolute Gasteiger partial charge is 0.494 e. The summed E-state index contributed by atoms with van der Waals surface area (Å²) >= 11 is 0. The molecule has 1 aliphatic rings. The summed E-state index contributed by atoms with van der Waals surface area (Å²) in [5.41, 5.74) is 1.94. The van der Waals surface area contributed by atoms with Crippen LogP contribution in [0.4, 0.5) is 0 Å². The number of aryl methyl sites for hydroxylation is 1. The van der Waals surface area contributed by atoms with Crippen LogP contribution in [0.3, 0.4) is 0 Å². The molecule has 1 atom stereocenters. The first-order chi connectivity index (χ1) is 14.3. The number of Topliss-reactive ketones (excluding diaryl/α,β-unsaturated/α-hetero) is 1. The normalized spacial score (nSPS) is 15.0. The molecule has 30 heavy (non-hydrogen) atoms. The van der Waals surface area contributed by atoms with Crippen molar-refractivity contribution in [2.75, 3.05) is 6.61 Å². The van der Waals surface area contributed by atoms with Gasteiger partial charge in [-0.1, -0.05) is 46.6 Å². The molecule has 1 aliphatic heterocycles. The van der Waals surface area contributed by atoms with Gasteiger partial charge in [0.1, 0.15) is 5.75 Å². The van der Waals surface area contributed by atoms with Gasteiger partial charge < -0.3 is 9.84 Å². The Morgan fingerprint density at radius 3 is 2.40 bits per heavy atom. The van der Waals surface area contributed by atoms with E-state index < -0.39 is 0 Å². The summed E-state index contributed by atoms with van der Waals surface area (Å²) in [5.74, 6) is 0.762. The smallest absolute Gasteiger partial charge is 0.290 e. The van der Waals surface area contributed by atoms with Gasteiger partial charge in [0.2, 0.25) is 11.8 Å². The zero-order chi connectivity index (χ0) is 22.9. The van der Waals surface area contributed by atoms with E-state index in [4.69, 9.17) is 14.6 Å². The lowest BCUT2D eigenvalue weighted by molar-refractivity contribution is -0.135. The number of carbonyl (C=O) groups excluding carboxylic acids is 3. The van der Waals surface area contributed by atoms with Crippen LogP contribution in [0.1, 0.15) is 82.1 Å². The molecule has 0 spiro atoms. The Labute approximate surface area is 179 Å². The number of piperidine rings is 1. The van der Waals surface area contributed by atoms with Crippen molar-refractivity contribution in [2.45, 2.75) is 72.6 Å². The van der Waals surface area contributed by atoms with Gasteiger partial charge in [0.05, 0.1) is 6.61 Å². The SMILES string of the molecule is CC1CCC(=O)NC1=O.CCCCCOc1ccc(CC)c(C(=O)CC)c1.O=CO. The fraction of sp³-hybridized carbons (Fsp3) is 0.565. The predicted molar refractivity (Wildman–Crippen MR) is 116 cm³/mol. The number of rotatable bonds is 8. The van der Waals surface area contributed by atoms with Crippen LogP contribution in [0.15, 0.2) is 18.2 Å². The first-order valence-corrected chi connectivity index (χ1v) is 10.5. The van der Waals surface area contributed by atoms with Crippen molar-refractivity contribution in [1.82, 2.24) is 5.32 Å². The Hall–Kier alpha value is -2.70. The minimum absolute atomic E-state index is 0.0164. The van der Waals surface area contributed by atoms with Crippen LogP contribution in [0.2, 0.25) is 0 Å². The molecular weight excluding hydrogens is 386 g/mol. The molecule has 1 aromatic carbocycles. The van der Waals surface area contributed by atoms with Crippen LogP contribution in [0.5, 0.6) is 5.75 Å². The minimum Gasteiger partial charge on any atom is -0.494 e. The van der Waals surface area contributed by atoms with Crippen LogP contribution in [0, 0.1) is 5.92 Å². The van der Waals surface area contributed by atoms with E-state index in [1.165, 1.54) is 12.8 Å². The van der Waals surface area contributed by atoms with Crippen LogP contribution in [-0.4, -0.2) is 35.8 Å². The standard InChI is InChI=1S/C16H24O2.C6H9NO2.CH2O2/c1-4-7-8-11-18-14-10-9-13(5-2)15(12-14)16(17)6-3;1-4-2-3-5(8)7-6(4)9;2-1-3/h9-10,12H,4-8,11H2,1-3H3;4H,2-3H2,1H3,(H,7,8,9);1H,(H,2,3). The number of carboxylic acid groups (broad SMARTS) is 1. The lowest BCUT2D eigenvalue weighted by Crippen LogP contribution is -2.39. The van der Waals surface area contributed by atoms with E-state index in [1.54, 1.807) is 0 Å². The molecule has 0 aromatic heterocycles. The maximum atomic E-state index is 11.9. The number of hydrogen-bond donors (Lipinski definition) is 2. The molecule has 1 aromatic rings. The number of hydrogen-bond acceptors (Lipinski definition) is 5. The first kappa shape index (κ1) is 27.3. The summed E-state index contributed by atoms with van der Waals surface area (Å²) in [7, 11) is 0. The predicted octanol–water partition coefficient (Wildman–Crippen LogP) is 4.17. The fourth-order valence-electron chi connectivity index (χ4n) is 2.75. The van der Waals surface area contributed by atoms with E-state index in [1.807, 2.05) is 32.0 Å². The van der Waals surface area contributed by atoms with Crippen molar-refractivity contribution in [1.29, 1.82) is 0 Å². The average Bonchev–Trinajstić information content (AvgIpc) is 2.74. The number of nitrogens with one attached hydrogen (secondary N) is 1. The topological polar surface area (TPSA) is 110 Å². The summed E-state index contributed by atoms with van der Waals surface area (Å²) in [4.78, 5) is 41.4. The molecule has 2 amide bonds. The van der Waals surface area contributed by atoms with Gasteiger partial charge >= 0.3 is 0 Å². The molecule has 2 N–H and O–H groups in total. The molecule has 0 radical (unpaired) electrons. The lowest BCUT2D eigenvalue weighted by atomic mass is 10.00. The van der Waals surface area contributed by atoms with Crippen molar-refractivity contribution in [3.05, 3.63) is 29.3 Å². The summed E-state index contributed by atoms with van der Waals surface area (Å²) in [6.45, 7) is 8.45. The van der Waals surface area contributed by atoms with Crippen molar-refractivity contribution in [3.63, 3.8) is 0 Å². The van der Waals surface area contributed by atoms with E-state index in [0.717, 1.165) is 36.3 Å². The molecule has 1 unspecified atom stereocenters. The number of benzene rings is 1. The molecule has 0 bridgehead atoms. The third-order valence-electron chi connectivity index (χ3n) is 4.61. The molecule has 1 heterocycles. The van der Waals surface area contributed by atoms with Crippen molar-refractivity contribution >= 4 is 24.1 Å². The zero-order valence-electron chi connectivity index (χ0n) is 18.5. The minimum atomic E-state index is -0.250. The van der Waals surface area contributed by atoms with Crippen LogP contribution in [-0.2, 0) is 20.8 Å². The maximum absolute atomic E-state index is 11.9. The molecule has 168 valence electrons. The number of amides is 2. The van der Waals surface area contributed by atoms with Gasteiger partial charge in [-0.15, -0.1) is 0 Å². The highest BCUT2D eigenvalue weighted by Crippen LogP contribution is 2.20. The maximum Gasteiger partial charge on any atom is 0.290 e. The number of ketones is 1. The van der Waals surface area contributed by atoms with Crippen LogP contribution >= 0.6 is 0 Å². The average molecular weight is 422 g/mol. The quantitative estimate of drug-likeness (QED) is 0.282. The van der Waals surface area contributed by atoms with E-state index in [0.29, 0.717) is 19.3 Å². The van der Waals surface area contributed by atoms with E-state index >= 15 is 0 Å². The Bertz CT molecular complexity index is 686. The van der Waals surface area contributed by atoms with Gasteiger partial charge in [0.15, 0.2) is 5.78 Å². The molecule has 1 saturated heterocycles. The number of ether oxygens (including phenoxy) is 1. The Morgan fingerprint density at radius 2 is 1.90 bits per heavy atom. The molecule has 2 rings (SSSR count). The third kappa shape index (κ3) is 10.7. The van der Waals surface area contributed by atoms with E-state index in [-0.39, 0.29) is 30.0 Å². The van der Waals surface area contributed by atoms with Crippen LogP contribution < -0.4 is 10.1 Å². The highest BCUT2D eigenvalue weighted by molar-refractivity contribution is 5.98. The molecular formula is C23H35NO6. The number of imide groups is 1. The van der Waals surface area contributed by atoms with E-state index in [2.05, 4.69) is 19.2 Å². The Balaban J connectivity index is 0.000000581. The van der Waals surface area contributed by atoms with Crippen molar-refractivity contribution in [2.24, 2.45) is 5.92 Å². The lowest BCUT2D eigenvalue weighted by Gasteiger charge is -2.15. The van der Waals surface area contributed by atoms with Crippen LogP contribution in [0.25, 0.3) is 0 Å². The number of unbranched alkanes of at least 4 members (excludes halogenated alkanes) is 2. The Kier molecular flexibility index (Phi) is 14.7. The van der Waals surface area contributed by atoms with Gasteiger partial charge in [0.25, 0.3) is 6.47 Å². The second-order valence-electron chi connectivity index (χ2n) is 6.96. The molecule has 0 aliphatic carbocycles. The van der Waals surface area contributed by atoms with Crippen molar-refractivity contribution < 1.29 is 29.0 Å². The molecule has 7 heteroatoms. The third-order valence-corrected chi connectivity index (χ3v) is 4.61. The zero-order valence-corrected chi connectivity index (χ0v) is 18.5. The first-order valence-electron chi connectivity index (χ1n) is 10.5. The fourth-order valence-corrected chi connectivity index (χ4v) is 2.75. The van der Waals surface area contributed by atoms with Gasteiger partial charge in [0, 0.05) is 24.3 Å². The second kappa shape index (κ2) is 16.1. The summed E-state index contributed by atoms with van der Waals surface area (Å²) in [6, 6.07) is 5.88. The van der Waals surface area contributed by atoms with E-state index in [9.17, 15) is 14.4 Å². The molecule has 0 saturated carbocycles. The summed E-state index contributed by atoms with van der Waals surface area (Å²) in [6.07, 6.45) is 6.08. The Morgan fingerprint density at radius 1 is 1.23 bits per heavy atom. The van der Waals surface area contributed by atoms with Gasteiger partial charge in [-0.3, -0.25) is 24.5 Å². The van der Waals surface area contributed by atoms with Gasteiger partial charge in [-0.25, -0.2) is 0 Å². The molecule has 1 fully saturated rings. The van der Waals surface area contributed by atoms with Gasteiger partial charge in [-0.2, -0.15) is 0 Å². The summed E-state index contributed by atoms with van der Waals surface area (Å²) in [5, 5.41) is 9.14. The van der Waals surface area contributed by atoms with Crippen molar-refractivity contribution in [3.8, 4) is 5.75 Å². The van der Waals surface area contributed by atoms with Gasteiger partial charge in [-0.05, 0) is 37.0 Å². The second-order valence-corrected chi connectivity index (χ2v) is 6.96. The number of carbonyl (C=O) groups is 4. The highest BCUT2D eigenvalue weighted by atomic mass is 16.5. The molecule has 7 nitrogen and oxygen atoms in total. The summed E-state index contributed by atoms with van der Waals surface area (Å²) < 4.78 is 5.69. The monoisotopic (exact) mass is 421 g/mol.